The first kappa shape index (κ1) is 12.5. The van der Waals surface area contributed by atoms with Gasteiger partial charge in [-0.05, 0) is 41.8 Å². The van der Waals surface area contributed by atoms with Crippen LogP contribution in [0, 0.1) is 0 Å². The normalized spacial score (nSPS) is 16.2. The second kappa shape index (κ2) is 4.89. The van der Waals surface area contributed by atoms with Gasteiger partial charge in [-0.3, -0.25) is 0 Å². The molecular formula is C18H18N2. The summed E-state index contributed by atoms with van der Waals surface area (Å²) in [5.74, 6) is 0. The minimum atomic E-state index is -0.181. The number of nitrogen functional groups attached to an aromatic ring is 2. The number of anilines is 2. The summed E-state index contributed by atoms with van der Waals surface area (Å²) in [6, 6.07) is 16.2. The van der Waals surface area contributed by atoms with E-state index in [0.717, 1.165) is 17.8 Å². The smallest absolute Gasteiger partial charge is 0.0420 e. The van der Waals surface area contributed by atoms with Crippen LogP contribution >= 0.6 is 0 Å². The summed E-state index contributed by atoms with van der Waals surface area (Å²) in [5, 5.41) is 0. The Labute approximate surface area is 119 Å². The van der Waals surface area contributed by atoms with Crippen molar-refractivity contribution in [3.8, 4) is 0 Å². The van der Waals surface area contributed by atoms with Crippen molar-refractivity contribution in [2.75, 3.05) is 11.5 Å². The third-order valence-corrected chi connectivity index (χ3v) is 3.87. The van der Waals surface area contributed by atoms with Crippen LogP contribution in [0.15, 0.2) is 72.8 Å². The molecule has 0 bridgehead atoms. The van der Waals surface area contributed by atoms with Gasteiger partial charge in [0.1, 0.15) is 0 Å². The van der Waals surface area contributed by atoms with Crippen LogP contribution in [0.3, 0.4) is 0 Å². The highest BCUT2D eigenvalue weighted by Crippen LogP contribution is 2.40. The Morgan fingerprint density at radius 2 is 1.40 bits per heavy atom. The highest BCUT2D eigenvalue weighted by Gasteiger charge is 2.31. The molecule has 0 fully saturated rings. The molecule has 0 heterocycles. The first-order chi connectivity index (χ1) is 9.71. The van der Waals surface area contributed by atoms with Gasteiger partial charge in [0.15, 0.2) is 0 Å². The SMILES string of the molecule is Nc1cccc(C2(c3cccc(N)c3)C=CC=CC2)c1. The van der Waals surface area contributed by atoms with Crippen molar-refractivity contribution in [1.29, 1.82) is 0 Å². The zero-order valence-corrected chi connectivity index (χ0v) is 11.3. The van der Waals surface area contributed by atoms with Crippen LogP contribution in [-0.2, 0) is 5.41 Å². The third-order valence-electron chi connectivity index (χ3n) is 3.87. The molecule has 20 heavy (non-hydrogen) atoms. The van der Waals surface area contributed by atoms with E-state index in [-0.39, 0.29) is 5.41 Å². The molecule has 0 aromatic heterocycles. The molecule has 0 radical (unpaired) electrons. The van der Waals surface area contributed by atoms with Gasteiger partial charge in [0.25, 0.3) is 0 Å². The number of nitrogens with two attached hydrogens (primary N) is 2. The number of hydrogen-bond acceptors (Lipinski definition) is 2. The average molecular weight is 262 g/mol. The summed E-state index contributed by atoms with van der Waals surface area (Å²) in [5.41, 5.74) is 15.7. The Kier molecular flexibility index (Phi) is 3.07. The Morgan fingerprint density at radius 1 is 0.800 bits per heavy atom. The maximum Gasteiger partial charge on any atom is 0.0420 e. The monoisotopic (exact) mass is 262 g/mol. The lowest BCUT2D eigenvalue weighted by Crippen LogP contribution is -2.26. The molecule has 0 unspecified atom stereocenters. The molecule has 2 heteroatoms. The summed E-state index contributed by atoms with van der Waals surface area (Å²) >= 11 is 0. The van der Waals surface area contributed by atoms with Crippen LogP contribution in [0.1, 0.15) is 17.5 Å². The van der Waals surface area contributed by atoms with Crippen LogP contribution in [0.25, 0.3) is 0 Å². The quantitative estimate of drug-likeness (QED) is 0.812. The van der Waals surface area contributed by atoms with Crippen molar-refractivity contribution in [3.63, 3.8) is 0 Å². The summed E-state index contributed by atoms with van der Waals surface area (Å²) < 4.78 is 0. The summed E-state index contributed by atoms with van der Waals surface area (Å²) in [6.07, 6.45) is 9.51. The van der Waals surface area contributed by atoms with Gasteiger partial charge in [0, 0.05) is 16.8 Å². The number of rotatable bonds is 2. The number of allylic oxidation sites excluding steroid dienone is 4. The van der Waals surface area contributed by atoms with Gasteiger partial charge in [-0.1, -0.05) is 48.6 Å². The van der Waals surface area contributed by atoms with Gasteiger partial charge in [-0.25, -0.2) is 0 Å². The second-order valence-electron chi connectivity index (χ2n) is 5.21. The lowest BCUT2D eigenvalue weighted by atomic mass is 9.70. The molecule has 2 nitrogen and oxygen atoms in total. The van der Waals surface area contributed by atoms with Crippen molar-refractivity contribution in [2.24, 2.45) is 0 Å². The van der Waals surface area contributed by atoms with Gasteiger partial charge in [-0.2, -0.15) is 0 Å². The molecule has 100 valence electrons. The van der Waals surface area contributed by atoms with Crippen molar-refractivity contribution < 1.29 is 0 Å². The molecule has 2 aromatic carbocycles. The fourth-order valence-electron chi connectivity index (χ4n) is 2.85. The Balaban J connectivity index is 2.20. The van der Waals surface area contributed by atoms with Crippen molar-refractivity contribution >= 4 is 11.4 Å². The molecule has 1 aliphatic carbocycles. The van der Waals surface area contributed by atoms with Gasteiger partial charge in [0.2, 0.25) is 0 Å². The lowest BCUT2D eigenvalue weighted by Gasteiger charge is -2.33. The van der Waals surface area contributed by atoms with E-state index in [2.05, 4.69) is 36.4 Å². The Bertz CT molecular complexity index is 638. The van der Waals surface area contributed by atoms with Crippen molar-refractivity contribution in [3.05, 3.63) is 84.0 Å². The molecule has 0 aliphatic heterocycles. The first-order valence-corrected chi connectivity index (χ1v) is 6.77. The van der Waals surface area contributed by atoms with E-state index in [0.29, 0.717) is 0 Å². The summed E-state index contributed by atoms with van der Waals surface area (Å²) in [6.45, 7) is 0. The summed E-state index contributed by atoms with van der Waals surface area (Å²) in [7, 11) is 0. The Morgan fingerprint density at radius 3 is 1.85 bits per heavy atom. The van der Waals surface area contributed by atoms with Crippen LogP contribution in [-0.4, -0.2) is 0 Å². The lowest BCUT2D eigenvalue weighted by molar-refractivity contribution is 0.648. The molecule has 0 amide bonds. The van der Waals surface area contributed by atoms with Gasteiger partial charge in [0.05, 0.1) is 0 Å². The second-order valence-corrected chi connectivity index (χ2v) is 5.21. The maximum absolute atomic E-state index is 5.97. The number of benzene rings is 2. The standard InChI is InChI=1S/C18H18N2/c19-16-8-4-6-14(12-16)18(10-2-1-3-11-18)15-7-5-9-17(20)13-15/h1-10,12-13H,11,19-20H2. The first-order valence-electron chi connectivity index (χ1n) is 6.77. The molecule has 2 aromatic rings. The fourth-order valence-corrected chi connectivity index (χ4v) is 2.85. The van der Waals surface area contributed by atoms with Crippen molar-refractivity contribution in [2.45, 2.75) is 11.8 Å². The van der Waals surface area contributed by atoms with E-state index >= 15 is 0 Å². The van der Waals surface area contributed by atoms with E-state index in [4.69, 9.17) is 11.5 Å². The zero-order valence-electron chi connectivity index (χ0n) is 11.3. The molecule has 4 N–H and O–H groups in total. The Hall–Kier alpha value is -2.48. The molecular weight excluding hydrogens is 244 g/mol. The highest BCUT2D eigenvalue weighted by atomic mass is 14.6. The topological polar surface area (TPSA) is 52.0 Å². The maximum atomic E-state index is 5.97. The van der Waals surface area contributed by atoms with E-state index < -0.39 is 0 Å². The van der Waals surface area contributed by atoms with Crippen LogP contribution in [0.4, 0.5) is 11.4 Å². The minimum absolute atomic E-state index is 0.181. The largest absolute Gasteiger partial charge is 0.399 e. The van der Waals surface area contributed by atoms with Gasteiger partial charge < -0.3 is 11.5 Å². The average Bonchev–Trinajstić information content (AvgIpc) is 2.48. The third kappa shape index (κ3) is 2.10. The van der Waals surface area contributed by atoms with Gasteiger partial charge in [-0.15, -0.1) is 0 Å². The van der Waals surface area contributed by atoms with Crippen molar-refractivity contribution in [1.82, 2.24) is 0 Å². The van der Waals surface area contributed by atoms with Gasteiger partial charge >= 0.3 is 0 Å². The van der Waals surface area contributed by atoms with Crippen LogP contribution in [0.2, 0.25) is 0 Å². The zero-order chi connectivity index (χ0) is 14.0. The molecule has 3 rings (SSSR count). The highest BCUT2D eigenvalue weighted by molar-refractivity contribution is 5.55. The predicted octanol–water partition coefficient (Wildman–Crippen LogP) is 3.65. The summed E-state index contributed by atoms with van der Waals surface area (Å²) in [4.78, 5) is 0. The molecule has 0 saturated heterocycles. The van der Waals surface area contributed by atoms with Crippen LogP contribution in [0.5, 0.6) is 0 Å². The molecule has 1 aliphatic rings. The molecule has 0 spiro atoms. The minimum Gasteiger partial charge on any atom is -0.399 e. The van der Waals surface area contributed by atoms with E-state index in [1.807, 2.05) is 36.4 Å². The fraction of sp³-hybridized carbons (Fsp3) is 0.111. The van der Waals surface area contributed by atoms with E-state index in [1.165, 1.54) is 11.1 Å². The van der Waals surface area contributed by atoms with E-state index in [9.17, 15) is 0 Å². The predicted molar refractivity (Wildman–Crippen MR) is 85.4 cm³/mol. The van der Waals surface area contributed by atoms with E-state index in [1.54, 1.807) is 0 Å². The molecule has 0 saturated carbocycles. The molecule has 0 atom stereocenters. The number of hydrogen-bond donors (Lipinski definition) is 2. The van der Waals surface area contributed by atoms with Crippen LogP contribution < -0.4 is 11.5 Å².